The number of amides is 2. The number of aromatic nitrogens is 2. The van der Waals surface area contributed by atoms with Crippen LogP contribution in [0.1, 0.15) is 28.1 Å². The topological polar surface area (TPSA) is 75.2 Å². The molecule has 6 nitrogen and oxygen atoms in total. The van der Waals surface area contributed by atoms with Crippen LogP contribution in [-0.2, 0) is 11.3 Å². The van der Waals surface area contributed by atoms with E-state index in [1.54, 1.807) is 23.7 Å². The van der Waals surface area contributed by atoms with Gasteiger partial charge in [0.15, 0.2) is 0 Å². The maximum Gasteiger partial charge on any atom is 0.253 e. The van der Waals surface area contributed by atoms with E-state index in [0.717, 1.165) is 16.0 Å². The molecule has 1 N–H and O–H groups in total. The lowest BCUT2D eigenvalue weighted by Crippen LogP contribution is -2.42. The van der Waals surface area contributed by atoms with Crippen molar-refractivity contribution in [2.75, 3.05) is 13.1 Å². The minimum absolute atomic E-state index is 0.0123. The van der Waals surface area contributed by atoms with Crippen molar-refractivity contribution in [3.05, 3.63) is 70.9 Å². The number of rotatable bonds is 5. The summed E-state index contributed by atoms with van der Waals surface area (Å²) in [6, 6.07) is 11.5. The predicted molar refractivity (Wildman–Crippen MR) is 112 cm³/mol. The summed E-state index contributed by atoms with van der Waals surface area (Å²) in [5, 5.41) is 5.02. The molecule has 2 aromatic heterocycles. The SMILES string of the molecule is O=C(NCc1cccs1)C1CCN(C(=O)c2ccc(-c3cncnc3)cc2)CC1. The zero-order chi connectivity index (χ0) is 20.1. The minimum Gasteiger partial charge on any atom is -0.351 e. The van der Waals surface area contributed by atoms with E-state index in [2.05, 4.69) is 15.3 Å². The van der Waals surface area contributed by atoms with Gasteiger partial charge in [0.05, 0.1) is 6.54 Å². The average Bonchev–Trinajstić information content (AvgIpc) is 3.31. The van der Waals surface area contributed by atoms with Crippen molar-refractivity contribution >= 4 is 23.2 Å². The standard InChI is InChI=1S/C22H22N4O2S/c27-21(25-14-20-2-1-11-29-20)17-7-9-26(10-8-17)22(28)18-5-3-16(4-6-18)19-12-23-15-24-13-19/h1-6,11-13,15,17H,7-10,14H2,(H,25,27). The first-order valence-electron chi connectivity index (χ1n) is 9.65. The summed E-state index contributed by atoms with van der Waals surface area (Å²) < 4.78 is 0. The molecule has 2 amide bonds. The number of likely N-dealkylation sites (tertiary alicyclic amines) is 1. The highest BCUT2D eigenvalue weighted by Crippen LogP contribution is 2.22. The van der Waals surface area contributed by atoms with Crippen molar-refractivity contribution < 1.29 is 9.59 Å². The quantitative estimate of drug-likeness (QED) is 0.705. The van der Waals surface area contributed by atoms with Crippen LogP contribution >= 0.6 is 11.3 Å². The van der Waals surface area contributed by atoms with Crippen molar-refractivity contribution in [1.29, 1.82) is 0 Å². The van der Waals surface area contributed by atoms with Gasteiger partial charge in [-0.25, -0.2) is 9.97 Å². The third-order valence-corrected chi connectivity index (χ3v) is 6.07. The molecule has 0 bridgehead atoms. The molecule has 7 heteroatoms. The highest BCUT2D eigenvalue weighted by Gasteiger charge is 2.27. The fourth-order valence-corrected chi connectivity index (χ4v) is 4.16. The normalized spacial score (nSPS) is 14.6. The second kappa shape index (κ2) is 8.96. The fourth-order valence-electron chi connectivity index (χ4n) is 3.51. The molecule has 29 heavy (non-hydrogen) atoms. The number of benzene rings is 1. The van der Waals surface area contributed by atoms with Gasteiger partial charge in [0, 0.05) is 47.4 Å². The first-order chi connectivity index (χ1) is 14.2. The molecule has 4 rings (SSSR count). The van der Waals surface area contributed by atoms with Gasteiger partial charge in [0.25, 0.3) is 5.91 Å². The van der Waals surface area contributed by atoms with E-state index in [1.165, 1.54) is 6.33 Å². The van der Waals surface area contributed by atoms with E-state index in [1.807, 2.05) is 46.7 Å². The Hall–Kier alpha value is -3.06. The second-order valence-electron chi connectivity index (χ2n) is 7.07. The van der Waals surface area contributed by atoms with Crippen molar-refractivity contribution in [1.82, 2.24) is 20.2 Å². The van der Waals surface area contributed by atoms with Crippen LogP contribution in [0.4, 0.5) is 0 Å². The summed E-state index contributed by atoms with van der Waals surface area (Å²) in [5.74, 6) is 0.0673. The summed E-state index contributed by atoms with van der Waals surface area (Å²) in [5.41, 5.74) is 2.55. The maximum atomic E-state index is 12.8. The summed E-state index contributed by atoms with van der Waals surface area (Å²) in [6.45, 7) is 1.78. The third kappa shape index (κ3) is 4.68. The van der Waals surface area contributed by atoms with E-state index in [-0.39, 0.29) is 17.7 Å². The van der Waals surface area contributed by atoms with Gasteiger partial charge in [-0.3, -0.25) is 9.59 Å². The van der Waals surface area contributed by atoms with Gasteiger partial charge in [-0.05, 0) is 42.0 Å². The summed E-state index contributed by atoms with van der Waals surface area (Å²) >= 11 is 1.64. The number of carbonyl (C=O) groups is 2. The molecule has 0 atom stereocenters. The molecule has 1 saturated heterocycles. The van der Waals surface area contributed by atoms with E-state index >= 15 is 0 Å². The van der Waals surface area contributed by atoms with Crippen LogP contribution in [0, 0.1) is 5.92 Å². The molecule has 148 valence electrons. The number of nitrogens with one attached hydrogen (secondary N) is 1. The fraction of sp³-hybridized carbons (Fsp3) is 0.273. The molecule has 0 saturated carbocycles. The molecule has 1 aromatic carbocycles. The average molecular weight is 407 g/mol. The van der Waals surface area contributed by atoms with Gasteiger partial charge >= 0.3 is 0 Å². The molecule has 0 unspecified atom stereocenters. The highest BCUT2D eigenvalue weighted by molar-refractivity contribution is 7.09. The van der Waals surface area contributed by atoms with Crippen molar-refractivity contribution in [2.45, 2.75) is 19.4 Å². The highest BCUT2D eigenvalue weighted by atomic mass is 32.1. The molecule has 1 aliphatic rings. The van der Waals surface area contributed by atoms with Crippen LogP contribution < -0.4 is 5.32 Å². The van der Waals surface area contributed by atoms with Gasteiger partial charge in [0.2, 0.25) is 5.91 Å². The summed E-state index contributed by atoms with van der Waals surface area (Å²) in [6.07, 6.45) is 6.38. The largest absolute Gasteiger partial charge is 0.351 e. The lowest BCUT2D eigenvalue weighted by Gasteiger charge is -2.31. The lowest BCUT2D eigenvalue weighted by atomic mass is 9.95. The molecule has 1 aliphatic heterocycles. The Labute approximate surface area is 173 Å². The maximum absolute atomic E-state index is 12.8. The Kier molecular flexibility index (Phi) is 5.95. The number of piperidine rings is 1. The molecule has 0 aliphatic carbocycles. The number of carbonyl (C=O) groups excluding carboxylic acids is 2. The van der Waals surface area contributed by atoms with Crippen LogP contribution in [0.15, 0.2) is 60.5 Å². The van der Waals surface area contributed by atoms with Gasteiger partial charge < -0.3 is 10.2 Å². The number of thiophene rings is 1. The van der Waals surface area contributed by atoms with Crippen LogP contribution in [0.25, 0.3) is 11.1 Å². The molecule has 1 fully saturated rings. The van der Waals surface area contributed by atoms with Crippen molar-refractivity contribution in [2.24, 2.45) is 5.92 Å². The first-order valence-corrected chi connectivity index (χ1v) is 10.5. The molecular formula is C22H22N4O2S. The Bertz CT molecular complexity index is 950. The Morgan fingerprint density at radius 3 is 2.41 bits per heavy atom. The number of hydrogen-bond donors (Lipinski definition) is 1. The Morgan fingerprint density at radius 1 is 1.03 bits per heavy atom. The van der Waals surface area contributed by atoms with Gasteiger partial charge in [-0.15, -0.1) is 11.3 Å². The van der Waals surface area contributed by atoms with Crippen LogP contribution in [0.5, 0.6) is 0 Å². The summed E-state index contributed by atoms with van der Waals surface area (Å²) in [4.78, 5) is 36.2. The molecule has 3 aromatic rings. The van der Waals surface area contributed by atoms with Crippen LogP contribution in [0.2, 0.25) is 0 Å². The van der Waals surface area contributed by atoms with Crippen LogP contribution in [-0.4, -0.2) is 39.8 Å². The molecular weight excluding hydrogens is 384 g/mol. The minimum atomic E-state index is -0.0283. The number of hydrogen-bond acceptors (Lipinski definition) is 5. The van der Waals surface area contributed by atoms with E-state index in [0.29, 0.717) is 38.0 Å². The Morgan fingerprint density at radius 2 is 1.76 bits per heavy atom. The van der Waals surface area contributed by atoms with Gasteiger partial charge in [0.1, 0.15) is 6.33 Å². The van der Waals surface area contributed by atoms with Crippen molar-refractivity contribution in [3.8, 4) is 11.1 Å². The number of nitrogens with zero attached hydrogens (tertiary/aromatic N) is 3. The molecule has 0 spiro atoms. The van der Waals surface area contributed by atoms with Crippen molar-refractivity contribution in [3.63, 3.8) is 0 Å². The smallest absolute Gasteiger partial charge is 0.253 e. The Balaban J connectivity index is 1.30. The third-order valence-electron chi connectivity index (χ3n) is 5.20. The van der Waals surface area contributed by atoms with Crippen LogP contribution in [0.3, 0.4) is 0 Å². The zero-order valence-electron chi connectivity index (χ0n) is 16.0. The van der Waals surface area contributed by atoms with Gasteiger partial charge in [-0.1, -0.05) is 18.2 Å². The van der Waals surface area contributed by atoms with E-state index < -0.39 is 0 Å². The predicted octanol–water partition coefficient (Wildman–Crippen LogP) is 3.37. The second-order valence-corrected chi connectivity index (χ2v) is 8.10. The van der Waals surface area contributed by atoms with E-state index in [9.17, 15) is 9.59 Å². The first kappa shape index (κ1) is 19.3. The summed E-state index contributed by atoms with van der Waals surface area (Å²) in [7, 11) is 0. The monoisotopic (exact) mass is 406 g/mol. The zero-order valence-corrected chi connectivity index (χ0v) is 16.8. The lowest BCUT2D eigenvalue weighted by molar-refractivity contribution is -0.126. The van der Waals surface area contributed by atoms with E-state index in [4.69, 9.17) is 0 Å². The molecule has 0 radical (unpaired) electrons. The molecule has 3 heterocycles. The van der Waals surface area contributed by atoms with Gasteiger partial charge in [-0.2, -0.15) is 0 Å².